The quantitative estimate of drug-likeness (QED) is 0.885. The Morgan fingerprint density at radius 2 is 1.96 bits per heavy atom. The molecule has 136 valence electrons. The van der Waals surface area contributed by atoms with E-state index in [1.54, 1.807) is 13.1 Å². The third-order valence-electron chi connectivity index (χ3n) is 4.39. The molecule has 1 heterocycles. The van der Waals surface area contributed by atoms with Crippen LogP contribution in [0.2, 0.25) is 0 Å². The Morgan fingerprint density at radius 1 is 1.19 bits per heavy atom. The van der Waals surface area contributed by atoms with Crippen LogP contribution in [0.4, 0.5) is 11.4 Å². The van der Waals surface area contributed by atoms with Crippen LogP contribution >= 0.6 is 0 Å². The number of hydrogen-bond acceptors (Lipinski definition) is 4. The molecule has 0 fully saturated rings. The Morgan fingerprint density at radius 3 is 2.69 bits per heavy atom. The predicted octanol–water partition coefficient (Wildman–Crippen LogP) is 2.26. The van der Waals surface area contributed by atoms with E-state index >= 15 is 0 Å². The smallest absolute Gasteiger partial charge is 0.262 e. The van der Waals surface area contributed by atoms with Crippen LogP contribution in [0.1, 0.15) is 11.1 Å². The number of hydrogen-bond donors (Lipinski definition) is 2. The van der Waals surface area contributed by atoms with Crippen molar-refractivity contribution in [1.29, 1.82) is 0 Å². The minimum atomic E-state index is -0.649. The summed E-state index contributed by atoms with van der Waals surface area (Å²) in [6, 6.07) is 13.3. The van der Waals surface area contributed by atoms with Crippen molar-refractivity contribution in [3.05, 3.63) is 53.6 Å². The minimum Gasteiger partial charge on any atom is -0.477 e. The van der Waals surface area contributed by atoms with Gasteiger partial charge in [0.2, 0.25) is 5.91 Å². The lowest BCUT2D eigenvalue weighted by Crippen LogP contribution is -2.50. The lowest BCUT2D eigenvalue weighted by Gasteiger charge is -2.35. The first-order valence-electron chi connectivity index (χ1n) is 8.57. The van der Waals surface area contributed by atoms with Crippen molar-refractivity contribution in [3.63, 3.8) is 0 Å². The van der Waals surface area contributed by atoms with E-state index in [0.29, 0.717) is 12.3 Å². The van der Waals surface area contributed by atoms with E-state index in [2.05, 4.69) is 10.6 Å². The van der Waals surface area contributed by atoms with E-state index in [4.69, 9.17) is 4.74 Å². The number of likely N-dealkylation sites (N-methyl/N-ethyl adjacent to an activating group) is 1. The number of aryl methyl sites for hydroxylation is 2. The first-order valence-corrected chi connectivity index (χ1v) is 8.57. The molecule has 1 atom stereocenters. The van der Waals surface area contributed by atoms with Gasteiger partial charge in [-0.1, -0.05) is 29.8 Å². The van der Waals surface area contributed by atoms with Gasteiger partial charge in [-0.15, -0.1) is 0 Å². The molecule has 0 saturated carbocycles. The molecule has 2 amide bonds. The molecule has 0 unspecified atom stereocenters. The summed E-state index contributed by atoms with van der Waals surface area (Å²) >= 11 is 0. The van der Waals surface area contributed by atoms with Crippen LogP contribution in [0.25, 0.3) is 0 Å². The molecule has 0 radical (unpaired) electrons. The van der Waals surface area contributed by atoms with Gasteiger partial charge in [0, 0.05) is 12.7 Å². The molecule has 26 heavy (non-hydrogen) atoms. The summed E-state index contributed by atoms with van der Waals surface area (Å²) < 4.78 is 5.76. The molecule has 0 aliphatic carbocycles. The van der Waals surface area contributed by atoms with Gasteiger partial charge < -0.3 is 20.3 Å². The number of carbonyl (C=O) groups is 2. The highest BCUT2D eigenvalue weighted by Gasteiger charge is 2.31. The zero-order valence-corrected chi connectivity index (χ0v) is 15.2. The Hall–Kier alpha value is -3.02. The van der Waals surface area contributed by atoms with Crippen LogP contribution in [-0.2, 0) is 9.59 Å². The summed E-state index contributed by atoms with van der Waals surface area (Å²) in [4.78, 5) is 26.5. The summed E-state index contributed by atoms with van der Waals surface area (Å²) in [5, 5.41) is 5.55. The molecule has 0 spiro atoms. The molecular formula is C20H23N3O3. The maximum atomic E-state index is 12.6. The molecule has 6 nitrogen and oxygen atoms in total. The van der Waals surface area contributed by atoms with Crippen molar-refractivity contribution in [2.45, 2.75) is 20.0 Å². The van der Waals surface area contributed by atoms with E-state index in [1.165, 1.54) is 0 Å². The topological polar surface area (TPSA) is 70.7 Å². The largest absolute Gasteiger partial charge is 0.477 e. The van der Waals surface area contributed by atoms with Crippen LogP contribution in [0, 0.1) is 13.8 Å². The second-order valence-electron chi connectivity index (χ2n) is 6.44. The number of nitrogens with one attached hydrogen (secondary N) is 2. The summed E-state index contributed by atoms with van der Waals surface area (Å²) in [6.45, 7) is 4.44. The number of amides is 2. The maximum absolute atomic E-state index is 12.6. The van der Waals surface area contributed by atoms with E-state index in [1.807, 2.05) is 55.1 Å². The average molecular weight is 353 g/mol. The highest BCUT2D eigenvalue weighted by molar-refractivity contribution is 5.95. The Kier molecular flexibility index (Phi) is 5.11. The zero-order chi connectivity index (χ0) is 18.7. The van der Waals surface area contributed by atoms with Crippen LogP contribution in [-0.4, -0.2) is 38.1 Å². The fourth-order valence-corrected chi connectivity index (χ4v) is 3.07. The van der Waals surface area contributed by atoms with Crippen molar-refractivity contribution in [3.8, 4) is 5.75 Å². The van der Waals surface area contributed by atoms with E-state index in [-0.39, 0.29) is 18.4 Å². The van der Waals surface area contributed by atoms with Gasteiger partial charge in [-0.05, 0) is 37.6 Å². The SMILES string of the molecule is CNC(=O)[C@@H]1CN(CC(=O)Nc2ccc(C)cc2C)c2ccccc2O1. The Labute approximate surface area is 153 Å². The highest BCUT2D eigenvalue weighted by atomic mass is 16.5. The minimum absolute atomic E-state index is 0.135. The fourth-order valence-electron chi connectivity index (χ4n) is 3.07. The van der Waals surface area contributed by atoms with Crippen LogP contribution in [0.3, 0.4) is 0 Å². The standard InChI is InChI=1S/C20H23N3O3/c1-13-8-9-15(14(2)10-13)22-19(24)12-23-11-18(20(25)21-3)26-17-7-5-4-6-16(17)23/h4-10,18H,11-12H2,1-3H3,(H,21,25)(H,22,24)/t18-/m0/s1. The molecule has 0 saturated heterocycles. The lowest BCUT2D eigenvalue weighted by atomic mass is 10.1. The first kappa shape index (κ1) is 17.8. The van der Waals surface area contributed by atoms with Gasteiger partial charge >= 0.3 is 0 Å². The van der Waals surface area contributed by atoms with E-state index < -0.39 is 6.10 Å². The molecule has 2 N–H and O–H groups in total. The highest BCUT2D eigenvalue weighted by Crippen LogP contribution is 2.33. The van der Waals surface area contributed by atoms with Gasteiger partial charge in [0.25, 0.3) is 5.91 Å². The van der Waals surface area contributed by atoms with Gasteiger partial charge in [0.15, 0.2) is 6.10 Å². The third-order valence-corrected chi connectivity index (χ3v) is 4.39. The third kappa shape index (κ3) is 3.79. The average Bonchev–Trinajstić information content (AvgIpc) is 2.63. The van der Waals surface area contributed by atoms with E-state index in [9.17, 15) is 9.59 Å². The number of fused-ring (bicyclic) bond motifs is 1. The van der Waals surface area contributed by atoms with Crippen molar-refractivity contribution < 1.29 is 14.3 Å². The number of benzene rings is 2. The zero-order valence-electron chi connectivity index (χ0n) is 15.2. The lowest BCUT2D eigenvalue weighted by molar-refractivity contribution is -0.127. The van der Waals surface area contributed by atoms with Gasteiger partial charge in [0.1, 0.15) is 5.75 Å². The molecule has 0 bridgehead atoms. The van der Waals surface area contributed by atoms with Crippen LogP contribution in [0.5, 0.6) is 5.75 Å². The maximum Gasteiger partial charge on any atom is 0.262 e. The van der Waals surface area contributed by atoms with E-state index in [0.717, 1.165) is 22.5 Å². The molecular weight excluding hydrogens is 330 g/mol. The number of carbonyl (C=O) groups excluding carboxylic acids is 2. The monoisotopic (exact) mass is 353 g/mol. The second kappa shape index (κ2) is 7.47. The summed E-state index contributed by atoms with van der Waals surface area (Å²) in [6.07, 6.45) is -0.649. The first-order chi connectivity index (χ1) is 12.5. The number of ether oxygens (including phenoxy) is 1. The number of para-hydroxylation sites is 2. The summed E-state index contributed by atoms with van der Waals surface area (Å²) in [5.74, 6) is 0.260. The second-order valence-corrected chi connectivity index (χ2v) is 6.44. The molecule has 6 heteroatoms. The van der Waals surface area contributed by atoms with Gasteiger partial charge in [-0.25, -0.2) is 0 Å². The normalized spacial score (nSPS) is 15.7. The number of rotatable bonds is 4. The Bertz CT molecular complexity index is 835. The van der Waals surface area contributed by atoms with Crippen molar-refractivity contribution in [2.24, 2.45) is 0 Å². The van der Waals surface area contributed by atoms with Gasteiger partial charge in [0.05, 0.1) is 18.8 Å². The van der Waals surface area contributed by atoms with Gasteiger partial charge in [-0.2, -0.15) is 0 Å². The molecule has 2 aromatic rings. The van der Waals surface area contributed by atoms with Gasteiger partial charge in [-0.3, -0.25) is 9.59 Å². The number of anilines is 2. The molecule has 3 rings (SSSR count). The molecule has 1 aliphatic rings. The number of nitrogens with zero attached hydrogens (tertiary/aromatic N) is 1. The van der Waals surface area contributed by atoms with Crippen LogP contribution in [0.15, 0.2) is 42.5 Å². The Balaban J connectivity index is 1.76. The predicted molar refractivity (Wildman–Crippen MR) is 102 cm³/mol. The van der Waals surface area contributed by atoms with Crippen LogP contribution < -0.4 is 20.3 Å². The molecule has 1 aliphatic heterocycles. The fraction of sp³-hybridized carbons (Fsp3) is 0.300. The van der Waals surface area contributed by atoms with Crippen molar-refractivity contribution in [1.82, 2.24) is 5.32 Å². The summed E-state index contributed by atoms with van der Waals surface area (Å²) in [5.41, 5.74) is 3.77. The molecule has 2 aromatic carbocycles. The van der Waals surface area contributed by atoms with Crippen molar-refractivity contribution >= 4 is 23.2 Å². The van der Waals surface area contributed by atoms with Crippen molar-refractivity contribution in [2.75, 3.05) is 30.4 Å². The summed E-state index contributed by atoms with van der Waals surface area (Å²) in [7, 11) is 1.57. The molecule has 0 aromatic heterocycles.